The van der Waals surface area contributed by atoms with Crippen LogP contribution in [0.25, 0.3) is 0 Å². The Morgan fingerprint density at radius 3 is 2.50 bits per heavy atom. The predicted molar refractivity (Wildman–Crippen MR) is 80.2 cm³/mol. The maximum absolute atomic E-state index is 12.0. The Morgan fingerprint density at radius 1 is 1.25 bits per heavy atom. The van der Waals surface area contributed by atoms with Crippen molar-refractivity contribution in [3.63, 3.8) is 0 Å². The number of aromatic nitrogens is 1. The molecule has 2 heterocycles. The molecule has 1 aliphatic heterocycles. The van der Waals surface area contributed by atoms with Crippen molar-refractivity contribution >= 4 is 11.8 Å². The Kier molecular flexibility index (Phi) is 6.17. The summed E-state index contributed by atoms with van der Waals surface area (Å²) in [7, 11) is 0. The van der Waals surface area contributed by atoms with E-state index in [1.807, 2.05) is 0 Å². The molecule has 132 valence electrons. The molecular weight excluding hydrogens is 320 g/mol. The van der Waals surface area contributed by atoms with Gasteiger partial charge in [0.05, 0.1) is 12.6 Å². The summed E-state index contributed by atoms with van der Waals surface area (Å²) in [6.07, 6.45) is -2.01. The molecule has 10 nitrogen and oxygen atoms in total. The molecule has 1 saturated heterocycles. The number of pyridine rings is 1. The molecule has 1 unspecified atom stereocenters. The van der Waals surface area contributed by atoms with Crippen molar-refractivity contribution < 1.29 is 29.6 Å². The minimum Gasteiger partial charge on any atom is -0.394 e. The van der Waals surface area contributed by atoms with E-state index in [0.29, 0.717) is 5.56 Å². The van der Waals surface area contributed by atoms with E-state index in [0.717, 1.165) is 0 Å². The van der Waals surface area contributed by atoms with Gasteiger partial charge in [-0.1, -0.05) is 0 Å². The second-order valence-corrected chi connectivity index (χ2v) is 5.32. The molecule has 2 rings (SSSR count). The Bertz CT molecular complexity index is 572. The number of ether oxygens (including phenoxy) is 1. The summed E-state index contributed by atoms with van der Waals surface area (Å²) in [5.74, 6) is -0.937. The SMILES string of the molecule is CC(=O)N[C@H]1C(NNC(=O)c2ccncc2)O[C@H](CO)[C@@H](O)[C@@H]1O. The first-order chi connectivity index (χ1) is 11.4. The highest BCUT2D eigenvalue weighted by Gasteiger charge is 2.44. The second-order valence-electron chi connectivity index (χ2n) is 5.32. The molecular formula is C14H20N4O6. The third kappa shape index (κ3) is 4.24. The zero-order valence-electron chi connectivity index (χ0n) is 12.9. The number of amides is 2. The molecule has 1 fully saturated rings. The van der Waals surface area contributed by atoms with Crippen LogP contribution in [-0.2, 0) is 9.53 Å². The van der Waals surface area contributed by atoms with Gasteiger partial charge < -0.3 is 25.4 Å². The number of aliphatic hydroxyl groups excluding tert-OH is 3. The summed E-state index contributed by atoms with van der Waals surface area (Å²) in [5.41, 5.74) is 5.27. The van der Waals surface area contributed by atoms with Gasteiger partial charge in [-0.15, -0.1) is 0 Å². The number of aliphatic hydroxyl groups is 3. The molecule has 10 heteroatoms. The molecule has 1 aliphatic rings. The highest BCUT2D eigenvalue weighted by molar-refractivity contribution is 5.93. The van der Waals surface area contributed by atoms with Gasteiger partial charge in [-0.2, -0.15) is 0 Å². The number of nitrogens with zero attached hydrogens (tertiary/aromatic N) is 1. The summed E-state index contributed by atoms with van der Waals surface area (Å²) in [6, 6.07) is 1.97. The molecule has 1 aromatic rings. The van der Waals surface area contributed by atoms with Crippen molar-refractivity contribution in [2.24, 2.45) is 0 Å². The number of hydrogen-bond acceptors (Lipinski definition) is 8. The van der Waals surface area contributed by atoms with Crippen molar-refractivity contribution in [1.29, 1.82) is 0 Å². The van der Waals surface area contributed by atoms with E-state index < -0.39 is 49.0 Å². The number of hydrazine groups is 1. The van der Waals surface area contributed by atoms with E-state index in [4.69, 9.17) is 4.74 Å². The van der Waals surface area contributed by atoms with E-state index in [1.54, 1.807) is 0 Å². The molecule has 1 aromatic heterocycles. The fourth-order valence-electron chi connectivity index (χ4n) is 2.35. The average molecular weight is 340 g/mol. The molecule has 0 saturated carbocycles. The molecule has 0 aliphatic carbocycles. The largest absolute Gasteiger partial charge is 0.394 e. The van der Waals surface area contributed by atoms with Gasteiger partial charge in [0, 0.05) is 24.9 Å². The summed E-state index contributed by atoms with van der Waals surface area (Å²) in [5, 5.41) is 31.7. The van der Waals surface area contributed by atoms with Crippen LogP contribution in [0.5, 0.6) is 0 Å². The first-order valence-corrected chi connectivity index (χ1v) is 7.29. The quantitative estimate of drug-likeness (QED) is 0.316. The fourth-order valence-corrected chi connectivity index (χ4v) is 2.35. The number of hydrogen-bond donors (Lipinski definition) is 6. The van der Waals surface area contributed by atoms with Crippen LogP contribution in [0, 0.1) is 0 Å². The van der Waals surface area contributed by atoms with Crippen LogP contribution < -0.4 is 16.2 Å². The zero-order chi connectivity index (χ0) is 17.7. The standard InChI is InChI=1S/C14H20N4O6/c1-7(20)16-10-12(22)11(21)9(6-19)24-14(10)18-17-13(23)8-2-4-15-5-3-8/h2-5,9-12,14,18-19,21-22H,6H2,1H3,(H,16,20)(H,17,23)/t9-,10-,11-,12-,14?/m1/s1. The number of rotatable bonds is 5. The van der Waals surface area contributed by atoms with Gasteiger partial charge in [-0.05, 0) is 12.1 Å². The molecule has 0 spiro atoms. The minimum absolute atomic E-state index is 0.337. The third-order valence-corrected chi connectivity index (χ3v) is 3.57. The lowest BCUT2D eigenvalue weighted by Crippen LogP contribution is -2.69. The minimum atomic E-state index is -1.39. The Morgan fingerprint density at radius 2 is 1.92 bits per heavy atom. The van der Waals surface area contributed by atoms with Gasteiger partial charge in [0.15, 0.2) is 0 Å². The summed E-state index contributed by atoms with van der Waals surface area (Å²) in [4.78, 5) is 27.1. The first-order valence-electron chi connectivity index (χ1n) is 7.29. The lowest BCUT2D eigenvalue weighted by atomic mass is 9.96. The monoisotopic (exact) mass is 340 g/mol. The van der Waals surface area contributed by atoms with E-state index >= 15 is 0 Å². The van der Waals surface area contributed by atoms with Crippen LogP contribution in [0.15, 0.2) is 24.5 Å². The topological polar surface area (TPSA) is 153 Å². The molecule has 6 N–H and O–H groups in total. The van der Waals surface area contributed by atoms with Crippen LogP contribution in [0.3, 0.4) is 0 Å². The maximum Gasteiger partial charge on any atom is 0.265 e. The lowest BCUT2D eigenvalue weighted by Gasteiger charge is -2.42. The lowest BCUT2D eigenvalue weighted by molar-refractivity contribution is -0.204. The predicted octanol–water partition coefficient (Wildman–Crippen LogP) is -2.74. The van der Waals surface area contributed by atoms with Gasteiger partial charge in [-0.3, -0.25) is 20.0 Å². The van der Waals surface area contributed by atoms with Gasteiger partial charge in [0.2, 0.25) is 5.91 Å². The van der Waals surface area contributed by atoms with Gasteiger partial charge in [0.25, 0.3) is 5.91 Å². The molecule has 0 bridgehead atoms. The smallest absolute Gasteiger partial charge is 0.265 e. The Balaban J connectivity index is 2.06. The maximum atomic E-state index is 12.0. The van der Waals surface area contributed by atoms with Gasteiger partial charge >= 0.3 is 0 Å². The van der Waals surface area contributed by atoms with Crippen LogP contribution >= 0.6 is 0 Å². The van der Waals surface area contributed by atoms with Gasteiger partial charge in [-0.25, -0.2) is 5.43 Å². The number of carbonyl (C=O) groups is 2. The normalized spacial score (nSPS) is 29.8. The van der Waals surface area contributed by atoms with Crippen LogP contribution in [-0.4, -0.2) is 69.3 Å². The van der Waals surface area contributed by atoms with Crippen molar-refractivity contribution in [2.45, 2.75) is 37.5 Å². The molecule has 5 atom stereocenters. The molecule has 0 radical (unpaired) electrons. The second kappa shape index (κ2) is 8.13. The van der Waals surface area contributed by atoms with Crippen molar-refractivity contribution in [3.05, 3.63) is 30.1 Å². The summed E-state index contributed by atoms with van der Waals surface area (Å²) in [6.45, 7) is 0.700. The fraction of sp³-hybridized carbons (Fsp3) is 0.500. The number of nitrogens with one attached hydrogen (secondary N) is 3. The molecule has 2 amide bonds. The molecule has 24 heavy (non-hydrogen) atoms. The van der Waals surface area contributed by atoms with E-state index in [9.17, 15) is 24.9 Å². The van der Waals surface area contributed by atoms with E-state index in [-0.39, 0.29) is 0 Å². The number of carbonyl (C=O) groups excluding carboxylic acids is 2. The van der Waals surface area contributed by atoms with Crippen molar-refractivity contribution in [2.75, 3.05) is 6.61 Å². The van der Waals surface area contributed by atoms with E-state index in [2.05, 4.69) is 21.2 Å². The zero-order valence-corrected chi connectivity index (χ0v) is 12.9. The highest BCUT2D eigenvalue weighted by Crippen LogP contribution is 2.19. The van der Waals surface area contributed by atoms with Crippen LogP contribution in [0.2, 0.25) is 0 Å². The van der Waals surface area contributed by atoms with Crippen LogP contribution in [0.4, 0.5) is 0 Å². The van der Waals surface area contributed by atoms with Crippen molar-refractivity contribution in [3.8, 4) is 0 Å². The van der Waals surface area contributed by atoms with E-state index in [1.165, 1.54) is 31.5 Å². The third-order valence-electron chi connectivity index (χ3n) is 3.57. The van der Waals surface area contributed by atoms with Crippen molar-refractivity contribution in [1.82, 2.24) is 21.2 Å². The van der Waals surface area contributed by atoms with Gasteiger partial charge in [0.1, 0.15) is 24.5 Å². The summed E-state index contributed by atoms with van der Waals surface area (Å²) < 4.78 is 5.41. The molecule has 0 aromatic carbocycles. The Labute approximate surface area is 137 Å². The highest BCUT2D eigenvalue weighted by atomic mass is 16.5. The first kappa shape index (κ1) is 18.2. The summed E-state index contributed by atoms with van der Waals surface area (Å²) >= 11 is 0. The average Bonchev–Trinajstić information content (AvgIpc) is 2.58. The Hall–Kier alpha value is -2.11. The van der Waals surface area contributed by atoms with Crippen LogP contribution in [0.1, 0.15) is 17.3 Å².